The van der Waals surface area contributed by atoms with Crippen molar-refractivity contribution in [3.8, 4) is 0 Å². The van der Waals surface area contributed by atoms with Crippen LogP contribution in [0.2, 0.25) is 0 Å². The van der Waals surface area contributed by atoms with Gasteiger partial charge in [-0.3, -0.25) is 0 Å². The van der Waals surface area contributed by atoms with Crippen LogP contribution in [0, 0.1) is 5.41 Å². The summed E-state index contributed by atoms with van der Waals surface area (Å²) in [5, 5.41) is 8.69. The van der Waals surface area contributed by atoms with Gasteiger partial charge in [-0.1, -0.05) is 25.5 Å². The van der Waals surface area contributed by atoms with Crippen molar-refractivity contribution in [2.75, 3.05) is 13.2 Å². The van der Waals surface area contributed by atoms with Gasteiger partial charge in [0, 0.05) is 0 Å². The van der Waals surface area contributed by atoms with Crippen molar-refractivity contribution >= 4 is 0 Å². The first-order chi connectivity index (χ1) is 6.06. The summed E-state index contributed by atoms with van der Waals surface area (Å²) >= 11 is 0. The molecule has 1 N–H and O–H groups in total. The van der Waals surface area contributed by atoms with E-state index >= 15 is 0 Å². The largest absolute Gasteiger partial charge is 0.394 e. The summed E-state index contributed by atoms with van der Waals surface area (Å²) in [5.74, 6) is 0. The average Bonchev–Trinajstić information content (AvgIpc) is 2.07. The molecule has 0 aromatic heterocycles. The number of allylic oxidation sites excluding steroid dienone is 1. The van der Waals surface area contributed by atoms with Gasteiger partial charge in [-0.2, -0.15) is 0 Å². The van der Waals surface area contributed by atoms with Crippen LogP contribution < -0.4 is 0 Å². The number of rotatable bonds is 3. The first-order valence-corrected chi connectivity index (χ1v) is 4.94. The SMILES string of the molecule is CC1=CCC(C)(C)C(OCCO)C1. The fourth-order valence-corrected chi connectivity index (χ4v) is 1.70. The lowest BCUT2D eigenvalue weighted by Crippen LogP contribution is -2.35. The molecule has 0 fully saturated rings. The zero-order valence-corrected chi connectivity index (χ0v) is 8.84. The predicted octanol–water partition coefficient (Wildman–Crippen LogP) is 2.13. The Labute approximate surface area is 80.6 Å². The molecule has 0 saturated heterocycles. The number of aliphatic hydroxyl groups excluding tert-OH is 1. The number of hydrogen-bond acceptors (Lipinski definition) is 2. The van der Waals surface area contributed by atoms with E-state index in [4.69, 9.17) is 9.84 Å². The van der Waals surface area contributed by atoms with Crippen molar-refractivity contribution in [2.24, 2.45) is 5.41 Å². The van der Waals surface area contributed by atoms with Gasteiger partial charge in [0.2, 0.25) is 0 Å². The monoisotopic (exact) mass is 184 g/mol. The van der Waals surface area contributed by atoms with Gasteiger partial charge in [0.05, 0.1) is 19.3 Å². The third kappa shape index (κ3) is 2.82. The fraction of sp³-hybridized carbons (Fsp3) is 0.818. The van der Waals surface area contributed by atoms with Crippen LogP contribution in [0.5, 0.6) is 0 Å². The van der Waals surface area contributed by atoms with E-state index in [0.717, 1.165) is 12.8 Å². The molecule has 2 nitrogen and oxygen atoms in total. The van der Waals surface area contributed by atoms with E-state index in [2.05, 4.69) is 26.8 Å². The second-order valence-corrected chi connectivity index (χ2v) is 4.53. The predicted molar refractivity (Wildman–Crippen MR) is 53.6 cm³/mol. The summed E-state index contributed by atoms with van der Waals surface area (Å²) in [6, 6.07) is 0. The van der Waals surface area contributed by atoms with E-state index < -0.39 is 0 Å². The Morgan fingerprint density at radius 3 is 2.92 bits per heavy atom. The van der Waals surface area contributed by atoms with Crippen LogP contribution in [0.25, 0.3) is 0 Å². The molecule has 0 aromatic carbocycles. The van der Waals surface area contributed by atoms with Gasteiger partial charge in [-0.25, -0.2) is 0 Å². The minimum Gasteiger partial charge on any atom is -0.394 e. The van der Waals surface area contributed by atoms with Crippen LogP contribution in [0.1, 0.15) is 33.6 Å². The lowest BCUT2D eigenvalue weighted by atomic mass is 9.76. The van der Waals surface area contributed by atoms with Crippen LogP contribution in [-0.2, 0) is 4.74 Å². The summed E-state index contributed by atoms with van der Waals surface area (Å²) in [6.07, 6.45) is 4.64. The second-order valence-electron chi connectivity index (χ2n) is 4.53. The maximum Gasteiger partial charge on any atom is 0.0701 e. The molecule has 0 heterocycles. The standard InChI is InChI=1S/C11H20O2/c1-9-4-5-11(2,3)10(8-9)13-7-6-12/h4,10,12H,5-8H2,1-3H3. The van der Waals surface area contributed by atoms with Gasteiger partial charge in [0.1, 0.15) is 0 Å². The van der Waals surface area contributed by atoms with Gasteiger partial charge < -0.3 is 9.84 Å². The number of hydrogen-bond donors (Lipinski definition) is 1. The van der Waals surface area contributed by atoms with Crippen molar-refractivity contribution in [2.45, 2.75) is 39.7 Å². The van der Waals surface area contributed by atoms with Crippen LogP contribution in [0.4, 0.5) is 0 Å². The molecule has 1 rings (SSSR count). The maximum atomic E-state index is 8.69. The minimum atomic E-state index is 0.120. The van der Waals surface area contributed by atoms with Crippen molar-refractivity contribution in [3.63, 3.8) is 0 Å². The van der Waals surface area contributed by atoms with Gasteiger partial charge in [0.15, 0.2) is 0 Å². The molecule has 0 saturated carbocycles. The lowest BCUT2D eigenvalue weighted by molar-refractivity contribution is -0.0407. The second kappa shape index (κ2) is 4.25. The van der Waals surface area contributed by atoms with Crippen LogP contribution >= 0.6 is 0 Å². The van der Waals surface area contributed by atoms with E-state index in [-0.39, 0.29) is 18.1 Å². The molecule has 0 aromatic rings. The average molecular weight is 184 g/mol. The molecule has 0 amide bonds. The Bertz CT molecular complexity index is 194. The summed E-state index contributed by atoms with van der Waals surface area (Å²) < 4.78 is 5.63. The summed E-state index contributed by atoms with van der Waals surface area (Å²) in [5.41, 5.74) is 1.62. The first-order valence-electron chi connectivity index (χ1n) is 4.94. The van der Waals surface area contributed by atoms with Gasteiger partial charge in [-0.15, -0.1) is 0 Å². The molecule has 76 valence electrons. The van der Waals surface area contributed by atoms with E-state index in [1.807, 2.05) is 0 Å². The molecule has 0 aliphatic heterocycles. The Morgan fingerprint density at radius 1 is 1.62 bits per heavy atom. The van der Waals surface area contributed by atoms with Crippen molar-refractivity contribution in [1.29, 1.82) is 0 Å². The summed E-state index contributed by atoms with van der Waals surface area (Å²) in [6.45, 7) is 7.16. The highest BCUT2D eigenvalue weighted by Crippen LogP contribution is 2.36. The fourth-order valence-electron chi connectivity index (χ4n) is 1.70. The molecular weight excluding hydrogens is 164 g/mol. The highest BCUT2D eigenvalue weighted by Gasteiger charge is 2.32. The zero-order chi connectivity index (χ0) is 9.90. The molecule has 2 heteroatoms. The number of aliphatic hydroxyl groups is 1. The molecule has 1 atom stereocenters. The van der Waals surface area contributed by atoms with E-state index in [0.29, 0.717) is 6.61 Å². The molecule has 0 spiro atoms. The normalized spacial score (nSPS) is 27.1. The van der Waals surface area contributed by atoms with Crippen molar-refractivity contribution < 1.29 is 9.84 Å². The maximum absolute atomic E-state index is 8.69. The van der Waals surface area contributed by atoms with Gasteiger partial charge in [-0.05, 0) is 25.2 Å². The van der Waals surface area contributed by atoms with Crippen LogP contribution in [-0.4, -0.2) is 24.4 Å². The molecule has 0 bridgehead atoms. The molecule has 13 heavy (non-hydrogen) atoms. The van der Waals surface area contributed by atoms with Crippen LogP contribution in [0.15, 0.2) is 11.6 Å². The first kappa shape index (κ1) is 10.7. The Morgan fingerprint density at radius 2 is 2.31 bits per heavy atom. The zero-order valence-electron chi connectivity index (χ0n) is 8.84. The Balaban J connectivity index is 2.55. The molecule has 0 radical (unpaired) electrons. The highest BCUT2D eigenvalue weighted by atomic mass is 16.5. The topological polar surface area (TPSA) is 29.5 Å². The highest BCUT2D eigenvalue weighted by molar-refractivity contribution is 5.09. The van der Waals surface area contributed by atoms with Crippen molar-refractivity contribution in [3.05, 3.63) is 11.6 Å². The van der Waals surface area contributed by atoms with E-state index in [1.165, 1.54) is 5.57 Å². The van der Waals surface area contributed by atoms with E-state index in [9.17, 15) is 0 Å². The van der Waals surface area contributed by atoms with E-state index in [1.54, 1.807) is 0 Å². The number of ether oxygens (including phenoxy) is 1. The summed E-state index contributed by atoms with van der Waals surface area (Å²) in [4.78, 5) is 0. The van der Waals surface area contributed by atoms with Crippen LogP contribution in [0.3, 0.4) is 0 Å². The van der Waals surface area contributed by atoms with Gasteiger partial charge >= 0.3 is 0 Å². The third-order valence-electron chi connectivity index (χ3n) is 2.77. The Hall–Kier alpha value is -0.340. The Kier molecular flexibility index (Phi) is 3.51. The lowest BCUT2D eigenvalue weighted by Gasteiger charge is -2.37. The van der Waals surface area contributed by atoms with Crippen molar-refractivity contribution in [1.82, 2.24) is 0 Å². The molecule has 1 aliphatic rings. The minimum absolute atomic E-state index is 0.120. The molecule has 1 unspecified atom stereocenters. The molecular formula is C11H20O2. The molecule has 1 aliphatic carbocycles. The summed E-state index contributed by atoms with van der Waals surface area (Å²) in [7, 11) is 0. The third-order valence-corrected chi connectivity index (χ3v) is 2.77. The smallest absolute Gasteiger partial charge is 0.0701 e. The quantitative estimate of drug-likeness (QED) is 0.681. The van der Waals surface area contributed by atoms with Gasteiger partial charge in [0.25, 0.3) is 0 Å².